The van der Waals surface area contributed by atoms with Gasteiger partial charge in [0, 0.05) is 5.56 Å². The third-order valence-electron chi connectivity index (χ3n) is 7.83. The van der Waals surface area contributed by atoms with E-state index in [1.807, 2.05) is 0 Å². The van der Waals surface area contributed by atoms with Gasteiger partial charge < -0.3 is 4.74 Å². The maximum atomic E-state index is 6.72. The Kier molecular flexibility index (Phi) is 4.18. The molecule has 1 aliphatic heterocycles. The summed E-state index contributed by atoms with van der Waals surface area (Å²) in [4.78, 5) is 0. The van der Waals surface area contributed by atoms with Gasteiger partial charge in [0.2, 0.25) is 0 Å². The Morgan fingerprint density at radius 3 is 2.36 bits per heavy atom. The maximum absolute atomic E-state index is 6.72. The first-order valence-corrected chi connectivity index (χ1v) is 12.1. The molecule has 1 aromatic heterocycles. The minimum absolute atomic E-state index is 0.0669. The van der Waals surface area contributed by atoms with Gasteiger partial charge in [-0.25, -0.2) is 0 Å². The average Bonchev–Trinajstić information content (AvgIpc) is 3.18. The largest absolute Gasteiger partial charge is 0.465 e. The molecule has 3 nitrogen and oxygen atoms in total. The van der Waals surface area contributed by atoms with Crippen molar-refractivity contribution >= 4 is 11.0 Å². The molecule has 2 aliphatic rings. The van der Waals surface area contributed by atoms with Crippen LogP contribution in [0.2, 0.25) is 0 Å². The molecule has 1 aliphatic carbocycles. The van der Waals surface area contributed by atoms with E-state index < -0.39 is 0 Å². The minimum Gasteiger partial charge on any atom is -0.465 e. The number of imidazole rings is 1. The number of nitrogens with zero attached hydrogens (tertiary/aromatic N) is 2. The van der Waals surface area contributed by atoms with Crippen LogP contribution in [-0.2, 0) is 10.8 Å². The summed E-state index contributed by atoms with van der Waals surface area (Å²) in [5.41, 5.74) is 8.71. The molecular weight excluding hydrogens is 404 g/mol. The topological polar surface area (TPSA) is 18.0 Å². The van der Waals surface area contributed by atoms with E-state index in [4.69, 9.17) is 4.74 Å². The van der Waals surface area contributed by atoms with Crippen LogP contribution in [0.4, 0.5) is 0 Å². The molecular formula is C30H32N2O. The van der Waals surface area contributed by atoms with Gasteiger partial charge in [0.15, 0.2) is 0 Å². The van der Waals surface area contributed by atoms with Crippen molar-refractivity contribution in [3.63, 3.8) is 0 Å². The zero-order valence-electron chi connectivity index (χ0n) is 20.5. The van der Waals surface area contributed by atoms with Crippen LogP contribution in [0, 0.1) is 6.33 Å². The second-order valence-electron chi connectivity index (χ2n) is 11.3. The zero-order chi connectivity index (χ0) is 23.1. The lowest BCUT2D eigenvalue weighted by atomic mass is 9.62. The fraction of sp³-hybridized carbons (Fsp3) is 0.367. The number of ether oxygens (including phenoxy) is 1. The van der Waals surface area contributed by atoms with E-state index in [1.165, 1.54) is 23.1 Å². The zero-order valence-corrected chi connectivity index (χ0v) is 20.5. The third-order valence-corrected chi connectivity index (χ3v) is 7.83. The second-order valence-corrected chi connectivity index (χ2v) is 11.3. The van der Waals surface area contributed by atoms with Crippen LogP contribution in [0.25, 0.3) is 22.4 Å². The van der Waals surface area contributed by atoms with E-state index in [0.717, 1.165) is 40.3 Å². The Balaban J connectivity index is 1.60. The molecule has 0 saturated carbocycles. The lowest BCUT2D eigenvalue weighted by Crippen LogP contribution is -2.38. The second kappa shape index (κ2) is 6.72. The lowest BCUT2D eigenvalue weighted by Gasteiger charge is -2.43. The van der Waals surface area contributed by atoms with Crippen molar-refractivity contribution < 1.29 is 9.30 Å². The summed E-state index contributed by atoms with van der Waals surface area (Å²) in [5.74, 6) is 2.42. The van der Waals surface area contributed by atoms with Gasteiger partial charge in [0.25, 0.3) is 6.33 Å². The quantitative estimate of drug-likeness (QED) is 0.210. The summed E-state index contributed by atoms with van der Waals surface area (Å²) in [6, 6.07) is 19.7. The SMILES string of the molecule is CC(C)c1ccc(-n2[c-][n+]3c4c(cccc42)Oc2c-3ccc3c2C(C)(C)CCC3(C)C)cc1. The standard InChI is InChI=1S/C30H32N2O/c1-19(2)20-10-12-21(13-11-20)31-18-32-24-15-14-22-26(30(5,6)17-16-29(22,3)4)28(24)33-25-9-7-8-23(31)27(25)32/h7-15,19H,16-17H2,1-6H3. The molecule has 4 aromatic rings. The number of hydrogen-bond acceptors (Lipinski definition) is 1. The number of aromatic nitrogens is 2. The first-order chi connectivity index (χ1) is 15.7. The Hall–Kier alpha value is -3.07. The highest BCUT2D eigenvalue weighted by molar-refractivity contribution is 5.83. The highest BCUT2D eigenvalue weighted by Gasteiger charge is 2.41. The molecule has 0 bridgehead atoms. The molecule has 0 radical (unpaired) electrons. The molecule has 6 rings (SSSR count). The van der Waals surface area contributed by atoms with Crippen LogP contribution in [0.3, 0.4) is 0 Å². The van der Waals surface area contributed by atoms with Crippen molar-refractivity contribution in [2.75, 3.05) is 0 Å². The summed E-state index contributed by atoms with van der Waals surface area (Å²) < 4.78 is 11.1. The Bertz CT molecular complexity index is 1400. The van der Waals surface area contributed by atoms with Crippen LogP contribution in [0.5, 0.6) is 11.5 Å². The van der Waals surface area contributed by atoms with Crippen LogP contribution < -0.4 is 9.30 Å². The van der Waals surface area contributed by atoms with Gasteiger partial charge in [-0.2, -0.15) is 0 Å². The number of para-hydroxylation sites is 1. The summed E-state index contributed by atoms with van der Waals surface area (Å²) in [7, 11) is 0. The van der Waals surface area contributed by atoms with Crippen molar-refractivity contribution in [1.82, 2.24) is 4.57 Å². The van der Waals surface area contributed by atoms with Crippen molar-refractivity contribution in [1.29, 1.82) is 0 Å². The molecule has 33 heavy (non-hydrogen) atoms. The van der Waals surface area contributed by atoms with E-state index in [2.05, 4.69) is 112 Å². The molecule has 0 N–H and O–H groups in total. The number of benzene rings is 3. The smallest absolute Gasteiger partial charge is 0.270 e. The van der Waals surface area contributed by atoms with Gasteiger partial charge in [0.1, 0.15) is 22.7 Å². The molecule has 168 valence electrons. The first kappa shape index (κ1) is 20.5. The van der Waals surface area contributed by atoms with E-state index in [1.54, 1.807) is 0 Å². The highest BCUT2D eigenvalue weighted by Crippen LogP contribution is 2.52. The van der Waals surface area contributed by atoms with Crippen LogP contribution >= 0.6 is 0 Å². The van der Waals surface area contributed by atoms with E-state index >= 15 is 0 Å². The van der Waals surface area contributed by atoms with Gasteiger partial charge in [-0.05, 0) is 65.0 Å². The van der Waals surface area contributed by atoms with Crippen LogP contribution in [-0.4, -0.2) is 4.57 Å². The fourth-order valence-electron chi connectivity index (χ4n) is 5.66. The summed E-state index contributed by atoms with van der Waals surface area (Å²) in [5, 5.41) is 0. The molecule has 0 spiro atoms. The Labute approximate surface area is 196 Å². The minimum atomic E-state index is 0.0669. The monoisotopic (exact) mass is 436 g/mol. The van der Waals surface area contributed by atoms with Crippen molar-refractivity contribution in [2.45, 2.75) is 71.1 Å². The molecule has 2 heterocycles. The van der Waals surface area contributed by atoms with E-state index in [0.29, 0.717) is 5.92 Å². The predicted octanol–water partition coefficient (Wildman–Crippen LogP) is 7.29. The third kappa shape index (κ3) is 2.91. The average molecular weight is 437 g/mol. The normalized spacial score (nSPS) is 17.5. The number of hydrogen-bond donors (Lipinski definition) is 0. The van der Waals surface area contributed by atoms with Crippen molar-refractivity contribution in [2.24, 2.45) is 0 Å². The molecule has 3 heteroatoms. The molecule has 0 unspecified atom stereocenters. The number of fused-ring (bicyclic) bond motifs is 4. The fourth-order valence-corrected chi connectivity index (χ4v) is 5.66. The van der Waals surface area contributed by atoms with Gasteiger partial charge in [-0.15, -0.1) is 0 Å². The van der Waals surface area contributed by atoms with Crippen LogP contribution in [0.1, 0.15) is 77.0 Å². The van der Waals surface area contributed by atoms with Crippen molar-refractivity contribution in [3.05, 3.63) is 77.6 Å². The maximum Gasteiger partial charge on any atom is 0.270 e. The lowest BCUT2D eigenvalue weighted by molar-refractivity contribution is -0.575. The Morgan fingerprint density at radius 2 is 1.64 bits per heavy atom. The summed E-state index contributed by atoms with van der Waals surface area (Å²) in [6.07, 6.45) is 6.00. The molecule has 0 amide bonds. The van der Waals surface area contributed by atoms with E-state index in [-0.39, 0.29) is 10.8 Å². The predicted molar refractivity (Wildman–Crippen MR) is 133 cm³/mol. The molecule has 0 saturated heterocycles. The van der Waals surface area contributed by atoms with Gasteiger partial charge >= 0.3 is 0 Å². The van der Waals surface area contributed by atoms with Gasteiger partial charge in [0.05, 0.1) is 11.2 Å². The van der Waals surface area contributed by atoms with Gasteiger partial charge in [-0.3, -0.25) is 9.13 Å². The van der Waals surface area contributed by atoms with Crippen molar-refractivity contribution in [3.8, 4) is 22.9 Å². The molecule has 0 fully saturated rings. The first-order valence-electron chi connectivity index (χ1n) is 12.1. The summed E-state index contributed by atoms with van der Waals surface area (Å²) in [6.45, 7) is 13.9. The van der Waals surface area contributed by atoms with Gasteiger partial charge in [-0.1, -0.05) is 71.9 Å². The molecule has 3 aromatic carbocycles. The highest BCUT2D eigenvalue weighted by atomic mass is 16.5. The molecule has 0 atom stereocenters. The van der Waals surface area contributed by atoms with E-state index in [9.17, 15) is 0 Å². The van der Waals surface area contributed by atoms with Crippen LogP contribution in [0.15, 0.2) is 54.6 Å². The summed E-state index contributed by atoms with van der Waals surface area (Å²) >= 11 is 0. The Morgan fingerprint density at radius 1 is 0.909 bits per heavy atom. The number of rotatable bonds is 2.